The Hall–Kier alpha value is -1.36. The molecular formula is C11H14N2O2S. The molecule has 0 spiro atoms. The summed E-state index contributed by atoms with van der Waals surface area (Å²) in [6, 6.07) is 6.18. The van der Waals surface area contributed by atoms with Gasteiger partial charge in [-0.05, 0) is 24.6 Å². The molecule has 2 rings (SSSR count). The summed E-state index contributed by atoms with van der Waals surface area (Å²) in [4.78, 5) is 12.6. The van der Waals surface area contributed by atoms with Crippen molar-refractivity contribution in [3.8, 4) is 0 Å². The summed E-state index contributed by atoms with van der Waals surface area (Å²) in [5, 5.41) is 11.9. The monoisotopic (exact) mass is 238 g/mol. The van der Waals surface area contributed by atoms with Gasteiger partial charge < -0.3 is 15.3 Å². The summed E-state index contributed by atoms with van der Waals surface area (Å²) in [6.07, 6.45) is 0. The van der Waals surface area contributed by atoms with E-state index in [0.717, 1.165) is 11.4 Å². The second-order valence-corrected chi connectivity index (χ2v) is 4.90. The van der Waals surface area contributed by atoms with E-state index in [1.54, 1.807) is 0 Å². The molecule has 16 heavy (non-hydrogen) atoms. The Morgan fingerprint density at radius 2 is 2.38 bits per heavy atom. The van der Waals surface area contributed by atoms with E-state index in [1.165, 1.54) is 17.3 Å². The number of hydrogen-bond acceptors (Lipinski definition) is 4. The lowest BCUT2D eigenvalue weighted by Crippen LogP contribution is -2.29. The molecule has 0 radical (unpaired) electrons. The first kappa shape index (κ1) is 11.1. The topological polar surface area (TPSA) is 52.6 Å². The van der Waals surface area contributed by atoms with Crippen molar-refractivity contribution < 1.29 is 9.90 Å². The lowest BCUT2D eigenvalue weighted by Gasteiger charge is -2.20. The zero-order valence-corrected chi connectivity index (χ0v) is 10.0. The second kappa shape index (κ2) is 4.25. The molecule has 1 unspecified atom stereocenters. The van der Waals surface area contributed by atoms with E-state index in [0.29, 0.717) is 0 Å². The van der Waals surface area contributed by atoms with Gasteiger partial charge >= 0.3 is 5.97 Å². The van der Waals surface area contributed by atoms with Crippen LogP contribution in [-0.4, -0.2) is 29.4 Å². The number of nitrogens with one attached hydrogen (secondary N) is 1. The molecule has 5 heteroatoms. The van der Waals surface area contributed by atoms with Gasteiger partial charge in [-0.2, -0.15) is 0 Å². The fraction of sp³-hybridized carbons (Fsp3) is 0.364. The van der Waals surface area contributed by atoms with Crippen molar-refractivity contribution in [2.75, 3.05) is 23.0 Å². The molecule has 1 aliphatic rings. The molecule has 86 valence electrons. The lowest BCUT2D eigenvalue weighted by molar-refractivity contribution is -0.133. The Balaban J connectivity index is 2.11. The van der Waals surface area contributed by atoms with Gasteiger partial charge in [-0.3, -0.25) is 4.79 Å². The molecule has 1 aromatic carbocycles. The molecule has 4 nitrogen and oxygen atoms in total. The van der Waals surface area contributed by atoms with Gasteiger partial charge in [-0.25, -0.2) is 0 Å². The maximum atomic E-state index is 10.5. The fourth-order valence-electron chi connectivity index (χ4n) is 1.72. The Morgan fingerprint density at radius 3 is 3.06 bits per heavy atom. The SMILES string of the molecule is Cc1ccc2c(c1)N(C)C(SCC(=O)O)N2. The highest BCUT2D eigenvalue weighted by Crippen LogP contribution is 2.37. The molecule has 0 aliphatic carbocycles. The first-order valence-electron chi connectivity index (χ1n) is 5.01. The Labute approximate surface area is 98.6 Å². The number of aryl methyl sites for hydroxylation is 1. The number of carboxylic acid groups (broad SMARTS) is 1. The molecule has 0 bridgehead atoms. The van der Waals surface area contributed by atoms with Crippen LogP contribution in [0.3, 0.4) is 0 Å². The van der Waals surface area contributed by atoms with Gasteiger partial charge in [0.05, 0.1) is 17.1 Å². The first-order chi connectivity index (χ1) is 7.58. The summed E-state index contributed by atoms with van der Waals surface area (Å²) < 4.78 is 0. The number of aliphatic carboxylic acids is 1. The number of anilines is 2. The highest BCUT2D eigenvalue weighted by Gasteiger charge is 2.26. The first-order valence-corrected chi connectivity index (χ1v) is 6.06. The molecule has 1 aromatic rings. The Bertz CT molecular complexity index is 422. The van der Waals surface area contributed by atoms with Gasteiger partial charge in [0.15, 0.2) is 0 Å². The molecule has 1 atom stereocenters. The molecule has 0 fully saturated rings. The van der Waals surface area contributed by atoms with Crippen LogP contribution in [-0.2, 0) is 4.79 Å². The maximum Gasteiger partial charge on any atom is 0.313 e. The van der Waals surface area contributed by atoms with Crippen LogP contribution in [0.2, 0.25) is 0 Å². The minimum Gasteiger partial charge on any atom is -0.481 e. The van der Waals surface area contributed by atoms with E-state index in [9.17, 15) is 4.79 Å². The number of nitrogens with zero attached hydrogens (tertiary/aromatic N) is 1. The predicted molar refractivity (Wildman–Crippen MR) is 67.1 cm³/mol. The fourth-order valence-corrected chi connectivity index (χ4v) is 2.56. The second-order valence-electron chi connectivity index (χ2n) is 3.83. The number of carbonyl (C=O) groups is 1. The molecule has 0 aromatic heterocycles. The van der Waals surface area contributed by atoms with Crippen LogP contribution in [0.15, 0.2) is 18.2 Å². The van der Waals surface area contributed by atoms with Gasteiger partial charge in [-0.1, -0.05) is 6.07 Å². The summed E-state index contributed by atoms with van der Waals surface area (Å²) in [5.41, 5.74) is 3.41. The molecule has 0 saturated heterocycles. The van der Waals surface area contributed by atoms with Crippen molar-refractivity contribution in [1.29, 1.82) is 0 Å². The average Bonchev–Trinajstić information content (AvgIpc) is 2.53. The molecule has 1 aliphatic heterocycles. The number of hydrogen-bond donors (Lipinski definition) is 2. The largest absolute Gasteiger partial charge is 0.481 e. The predicted octanol–water partition coefficient (Wildman–Crippen LogP) is 1.96. The van der Waals surface area contributed by atoms with Crippen molar-refractivity contribution in [3.63, 3.8) is 0 Å². The Kier molecular flexibility index (Phi) is 2.96. The molecule has 0 amide bonds. The minimum atomic E-state index is -0.785. The summed E-state index contributed by atoms with van der Waals surface area (Å²) >= 11 is 1.38. The quantitative estimate of drug-likeness (QED) is 0.843. The zero-order chi connectivity index (χ0) is 11.7. The Morgan fingerprint density at radius 1 is 1.62 bits per heavy atom. The summed E-state index contributed by atoms with van der Waals surface area (Å²) in [5.74, 6) is -0.679. The van der Waals surface area contributed by atoms with E-state index in [1.807, 2.05) is 26.1 Å². The average molecular weight is 238 g/mol. The normalized spacial score (nSPS) is 18.1. The zero-order valence-electron chi connectivity index (χ0n) is 9.23. The standard InChI is InChI=1S/C11H14N2O2S/c1-7-3-4-8-9(5-7)13(2)11(12-8)16-6-10(14)15/h3-5,11-12H,6H2,1-2H3,(H,14,15). The number of thioether (sulfide) groups is 1. The highest BCUT2D eigenvalue weighted by molar-refractivity contribution is 8.00. The van der Waals surface area contributed by atoms with Crippen molar-refractivity contribution in [2.45, 2.75) is 12.4 Å². The van der Waals surface area contributed by atoms with Crippen molar-refractivity contribution in [3.05, 3.63) is 23.8 Å². The number of benzene rings is 1. The number of fused-ring (bicyclic) bond motifs is 1. The van der Waals surface area contributed by atoms with Crippen molar-refractivity contribution in [1.82, 2.24) is 0 Å². The maximum absolute atomic E-state index is 10.5. The third kappa shape index (κ3) is 2.09. The van der Waals surface area contributed by atoms with E-state index in [4.69, 9.17) is 5.11 Å². The summed E-state index contributed by atoms with van der Waals surface area (Å²) in [6.45, 7) is 2.05. The van der Waals surface area contributed by atoms with E-state index < -0.39 is 5.97 Å². The minimum absolute atomic E-state index is 0.00731. The van der Waals surface area contributed by atoms with Crippen LogP contribution in [0.5, 0.6) is 0 Å². The number of carboxylic acids is 1. The van der Waals surface area contributed by atoms with Gasteiger partial charge in [0.1, 0.15) is 5.50 Å². The third-order valence-corrected chi connectivity index (χ3v) is 3.69. The van der Waals surface area contributed by atoms with Crippen LogP contribution >= 0.6 is 11.8 Å². The van der Waals surface area contributed by atoms with Crippen LogP contribution in [0.25, 0.3) is 0 Å². The molecule has 2 N–H and O–H groups in total. The van der Waals surface area contributed by atoms with Gasteiger partial charge in [0.25, 0.3) is 0 Å². The highest BCUT2D eigenvalue weighted by atomic mass is 32.2. The van der Waals surface area contributed by atoms with E-state index in [-0.39, 0.29) is 11.3 Å². The molecular weight excluding hydrogens is 224 g/mol. The van der Waals surface area contributed by atoms with Crippen molar-refractivity contribution >= 4 is 29.1 Å². The van der Waals surface area contributed by atoms with Crippen LogP contribution in [0, 0.1) is 6.92 Å². The smallest absolute Gasteiger partial charge is 0.313 e. The van der Waals surface area contributed by atoms with Gasteiger partial charge in [-0.15, -0.1) is 11.8 Å². The van der Waals surface area contributed by atoms with Crippen molar-refractivity contribution in [2.24, 2.45) is 0 Å². The van der Waals surface area contributed by atoms with Gasteiger partial charge in [0.2, 0.25) is 0 Å². The van der Waals surface area contributed by atoms with Crippen LogP contribution in [0.4, 0.5) is 11.4 Å². The van der Waals surface area contributed by atoms with Crippen LogP contribution in [0.1, 0.15) is 5.56 Å². The molecule has 1 heterocycles. The third-order valence-electron chi connectivity index (χ3n) is 2.53. The van der Waals surface area contributed by atoms with Gasteiger partial charge in [0, 0.05) is 7.05 Å². The van der Waals surface area contributed by atoms with E-state index in [2.05, 4.69) is 16.3 Å². The number of rotatable bonds is 3. The lowest BCUT2D eigenvalue weighted by atomic mass is 10.2. The summed E-state index contributed by atoms with van der Waals surface area (Å²) in [7, 11) is 1.97. The van der Waals surface area contributed by atoms with E-state index >= 15 is 0 Å². The molecule has 0 saturated carbocycles. The van der Waals surface area contributed by atoms with Crippen LogP contribution < -0.4 is 10.2 Å².